The van der Waals surface area contributed by atoms with E-state index in [9.17, 15) is 4.79 Å². The molecule has 0 amide bonds. The summed E-state index contributed by atoms with van der Waals surface area (Å²) in [7, 11) is 0. The second-order valence-corrected chi connectivity index (χ2v) is 4.92. The third-order valence-corrected chi connectivity index (χ3v) is 3.61. The van der Waals surface area contributed by atoms with Gasteiger partial charge in [0.15, 0.2) is 5.16 Å². The van der Waals surface area contributed by atoms with Crippen LogP contribution in [0.1, 0.15) is 18.3 Å². The predicted molar refractivity (Wildman–Crippen MR) is 73.3 cm³/mol. The molecule has 2 heterocycles. The van der Waals surface area contributed by atoms with Crippen LogP contribution in [-0.2, 0) is 17.8 Å². The number of carbonyl (C=O) groups is 1. The average molecular weight is 277 g/mol. The molecule has 0 spiro atoms. The number of carboxylic acids is 1. The lowest BCUT2D eigenvalue weighted by atomic mass is 10.3. The molecule has 0 saturated carbocycles. The number of aliphatic carboxylic acids is 1. The van der Waals surface area contributed by atoms with E-state index in [1.165, 1.54) is 11.8 Å². The lowest BCUT2D eigenvalue weighted by molar-refractivity contribution is -0.133. The van der Waals surface area contributed by atoms with Gasteiger partial charge in [0.05, 0.1) is 18.0 Å². The summed E-state index contributed by atoms with van der Waals surface area (Å²) in [6.45, 7) is 2.67. The van der Waals surface area contributed by atoms with E-state index in [1.807, 2.05) is 22.8 Å². The summed E-state index contributed by atoms with van der Waals surface area (Å²) in [5, 5.41) is 9.48. The molecule has 0 fully saturated rings. The van der Waals surface area contributed by atoms with Gasteiger partial charge in [0.1, 0.15) is 0 Å². The fourth-order valence-electron chi connectivity index (χ4n) is 1.74. The van der Waals surface area contributed by atoms with E-state index in [0.717, 1.165) is 23.0 Å². The van der Waals surface area contributed by atoms with Crippen molar-refractivity contribution in [3.05, 3.63) is 42.0 Å². The summed E-state index contributed by atoms with van der Waals surface area (Å²) >= 11 is 1.24. The van der Waals surface area contributed by atoms with Crippen LogP contribution in [-0.4, -0.2) is 31.4 Å². The first kappa shape index (κ1) is 13.6. The Kier molecular flexibility index (Phi) is 4.57. The van der Waals surface area contributed by atoms with Gasteiger partial charge in [0, 0.05) is 18.1 Å². The first-order chi connectivity index (χ1) is 9.20. The predicted octanol–water partition coefficient (Wildman–Crippen LogP) is 2.07. The molecule has 2 aromatic heterocycles. The normalized spacial score (nSPS) is 10.6. The van der Waals surface area contributed by atoms with Crippen molar-refractivity contribution in [3.63, 3.8) is 0 Å². The first-order valence-electron chi connectivity index (χ1n) is 5.99. The van der Waals surface area contributed by atoms with Crippen molar-refractivity contribution in [2.45, 2.75) is 25.0 Å². The van der Waals surface area contributed by atoms with E-state index in [1.54, 1.807) is 12.4 Å². The molecule has 0 saturated heterocycles. The molecule has 2 rings (SSSR count). The molecular weight excluding hydrogens is 262 g/mol. The van der Waals surface area contributed by atoms with Crippen LogP contribution < -0.4 is 0 Å². The first-order valence-corrected chi connectivity index (χ1v) is 6.98. The standard InChI is InChI=1S/C13H15N3O2S/c1-2-11-7-15-13(19-9-12(17)18)16(11)8-10-5-3-4-6-14-10/h3-7H,2,8-9H2,1H3,(H,17,18). The fourth-order valence-corrected chi connectivity index (χ4v) is 2.46. The Bertz CT molecular complexity index is 554. The van der Waals surface area contributed by atoms with Gasteiger partial charge in [-0.1, -0.05) is 24.8 Å². The van der Waals surface area contributed by atoms with Gasteiger partial charge in [0.25, 0.3) is 0 Å². The molecule has 1 N–H and O–H groups in total. The maximum absolute atomic E-state index is 10.6. The fraction of sp³-hybridized carbons (Fsp3) is 0.308. The molecule has 0 unspecified atom stereocenters. The van der Waals surface area contributed by atoms with Gasteiger partial charge in [-0.2, -0.15) is 0 Å². The molecule has 6 heteroatoms. The van der Waals surface area contributed by atoms with Crippen molar-refractivity contribution in [1.82, 2.24) is 14.5 Å². The van der Waals surface area contributed by atoms with Crippen molar-refractivity contribution in [1.29, 1.82) is 0 Å². The summed E-state index contributed by atoms with van der Waals surface area (Å²) in [6.07, 6.45) is 4.41. The van der Waals surface area contributed by atoms with Crippen molar-refractivity contribution in [2.75, 3.05) is 5.75 Å². The molecule has 0 atom stereocenters. The van der Waals surface area contributed by atoms with Crippen LogP contribution in [0.15, 0.2) is 35.7 Å². The van der Waals surface area contributed by atoms with Gasteiger partial charge < -0.3 is 9.67 Å². The molecular formula is C13H15N3O2S. The van der Waals surface area contributed by atoms with E-state index in [-0.39, 0.29) is 5.75 Å². The van der Waals surface area contributed by atoms with Crippen LogP contribution in [0.5, 0.6) is 0 Å². The molecule has 0 bridgehead atoms. The molecule has 19 heavy (non-hydrogen) atoms. The molecule has 100 valence electrons. The third-order valence-electron chi connectivity index (χ3n) is 2.63. The number of carboxylic acid groups (broad SMARTS) is 1. The summed E-state index contributed by atoms with van der Waals surface area (Å²) < 4.78 is 2.02. The van der Waals surface area contributed by atoms with Crippen molar-refractivity contribution < 1.29 is 9.90 Å². The second kappa shape index (κ2) is 6.38. The highest BCUT2D eigenvalue weighted by Crippen LogP contribution is 2.20. The molecule has 2 aromatic rings. The van der Waals surface area contributed by atoms with Crippen LogP contribution >= 0.6 is 11.8 Å². The minimum absolute atomic E-state index is 0.0163. The highest BCUT2D eigenvalue weighted by atomic mass is 32.2. The molecule has 5 nitrogen and oxygen atoms in total. The summed E-state index contributed by atoms with van der Waals surface area (Å²) in [5.41, 5.74) is 2.02. The lowest BCUT2D eigenvalue weighted by Gasteiger charge is -2.09. The van der Waals surface area contributed by atoms with Crippen molar-refractivity contribution in [2.24, 2.45) is 0 Å². The number of thioether (sulfide) groups is 1. The van der Waals surface area contributed by atoms with Crippen molar-refractivity contribution >= 4 is 17.7 Å². The zero-order valence-electron chi connectivity index (χ0n) is 10.6. The number of hydrogen-bond donors (Lipinski definition) is 1. The molecule has 0 radical (unpaired) electrons. The van der Waals surface area contributed by atoms with Crippen LogP contribution in [0.3, 0.4) is 0 Å². The summed E-state index contributed by atoms with van der Waals surface area (Å²) in [6, 6.07) is 5.76. The number of rotatable bonds is 6. The number of imidazole rings is 1. The molecule has 0 aliphatic heterocycles. The molecule has 0 aromatic carbocycles. The Balaban J connectivity index is 2.21. The van der Waals surface area contributed by atoms with E-state index in [0.29, 0.717) is 6.54 Å². The minimum Gasteiger partial charge on any atom is -0.481 e. The number of nitrogens with zero attached hydrogens (tertiary/aromatic N) is 3. The Labute approximate surface area is 115 Å². The number of aromatic nitrogens is 3. The number of hydrogen-bond acceptors (Lipinski definition) is 4. The van der Waals surface area contributed by atoms with Gasteiger partial charge in [0.2, 0.25) is 0 Å². The van der Waals surface area contributed by atoms with Gasteiger partial charge in [-0.3, -0.25) is 9.78 Å². The molecule has 0 aliphatic rings. The van der Waals surface area contributed by atoms with E-state index in [4.69, 9.17) is 5.11 Å². The zero-order chi connectivity index (χ0) is 13.7. The minimum atomic E-state index is -0.838. The van der Waals surface area contributed by atoms with E-state index >= 15 is 0 Å². The van der Waals surface area contributed by atoms with E-state index in [2.05, 4.69) is 16.9 Å². The van der Waals surface area contributed by atoms with Gasteiger partial charge in [-0.05, 0) is 18.6 Å². The maximum atomic E-state index is 10.6. The quantitative estimate of drug-likeness (QED) is 0.819. The lowest BCUT2D eigenvalue weighted by Crippen LogP contribution is -2.08. The average Bonchev–Trinajstić information content (AvgIpc) is 2.80. The maximum Gasteiger partial charge on any atom is 0.313 e. The molecule has 0 aliphatic carbocycles. The highest BCUT2D eigenvalue weighted by Gasteiger charge is 2.11. The zero-order valence-corrected chi connectivity index (χ0v) is 11.4. The van der Waals surface area contributed by atoms with Crippen LogP contribution in [0.2, 0.25) is 0 Å². The SMILES string of the molecule is CCc1cnc(SCC(=O)O)n1Cc1ccccn1. The Morgan fingerprint density at radius 1 is 1.42 bits per heavy atom. The van der Waals surface area contributed by atoms with Crippen molar-refractivity contribution in [3.8, 4) is 0 Å². The topological polar surface area (TPSA) is 68.0 Å². The smallest absolute Gasteiger partial charge is 0.313 e. The summed E-state index contributed by atoms with van der Waals surface area (Å²) in [5.74, 6) is -0.821. The Morgan fingerprint density at radius 2 is 2.26 bits per heavy atom. The van der Waals surface area contributed by atoms with Gasteiger partial charge >= 0.3 is 5.97 Å². The number of aryl methyl sites for hydroxylation is 1. The summed E-state index contributed by atoms with van der Waals surface area (Å²) in [4.78, 5) is 19.2. The van der Waals surface area contributed by atoms with Crippen LogP contribution in [0.4, 0.5) is 0 Å². The third kappa shape index (κ3) is 3.57. The van der Waals surface area contributed by atoms with E-state index < -0.39 is 5.97 Å². The van der Waals surface area contributed by atoms with Crippen LogP contribution in [0.25, 0.3) is 0 Å². The Hall–Kier alpha value is -1.82. The van der Waals surface area contributed by atoms with Crippen LogP contribution in [0, 0.1) is 0 Å². The largest absolute Gasteiger partial charge is 0.481 e. The Morgan fingerprint density at radius 3 is 2.89 bits per heavy atom. The monoisotopic (exact) mass is 277 g/mol. The number of pyridine rings is 1. The van der Waals surface area contributed by atoms with Gasteiger partial charge in [-0.15, -0.1) is 0 Å². The van der Waals surface area contributed by atoms with Gasteiger partial charge in [-0.25, -0.2) is 4.98 Å². The second-order valence-electron chi connectivity index (χ2n) is 3.98. The highest BCUT2D eigenvalue weighted by molar-refractivity contribution is 7.99.